The lowest BCUT2D eigenvalue weighted by atomic mass is 10.2. The van der Waals surface area contributed by atoms with Crippen molar-refractivity contribution in [3.8, 4) is 5.88 Å². The molecular formula is C21H21FN6O4. The molecule has 2 aromatic heterocycles. The first-order chi connectivity index (χ1) is 15.4. The molecule has 10 nitrogen and oxygen atoms in total. The Hall–Kier alpha value is -4.15. The topological polar surface area (TPSA) is 132 Å². The number of nitrogens with two attached hydrogens (primary N) is 1. The number of para-hydroxylation sites is 1. The van der Waals surface area contributed by atoms with Crippen LogP contribution >= 0.6 is 0 Å². The molecule has 2 atom stereocenters. The number of hydrogen-bond acceptors (Lipinski definition) is 5. The number of carbonyl (C=O) groups excluding carboxylic acids is 3. The zero-order valence-electron chi connectivity index (χ0n) is 17.1. The summed E-state index contributed by atoms with van der Waals surface area (Å²) in [5, 5.41) is 5.92. The molecule has 4 N–H and O–H groups in total. The van der Waals surface area contributed by atoms with E-state index in [1.54, 1.807) is 30.3 Å². The zero-order valence-corrected chi connectivity index (χ0v) is 17.1. The van der Waals surface area contributed by atoms with Crippen molar-refractivity contribution in [2.24, 2.45) is 5.73 Å². The van der Waals surface area contributed by atoms with Gasteiger partial charge >= 0.3 is 12.1 Å². The predicted octanol–water partition coefficient (Wildman–Crippen LogP) is 2.55. The van der Waals surface area contributed by atoms with Gasteiger partial charge in [-0.05, 0) is 12.1 Å². The number of nitrogens with one attached hydrogen (secondary N) is 2. The zero-order chi connectivity index (χ0) is 22.8. The van der Waals surface area contributed by atoms with Crippen molar-refractivity contribution in [3.63, 3.8) is 0 Å². The Bertz CT molecular complexity index is 1200. The maximum Gasteiger partial charge on any atom is 0.323 e. The second-order valence-corrected chi connectivity index (χ2v) is 7.28. The van der Waals surface area contributed by atoms with Crippen molar-refractivity contribution in [2.45, 2.75) is 18.6 Å². The molecule has 1 aromatic carbocycles. The molecule has 4 rings (SSSR count). The summed E-state index contributed by atoms with van der Waals surface area (Å²) in [4.78, 5) is 42.6. The summed E-state index contributed by atoms with van der Waals surface area (Å²) in [5.74, 6) is -0.230. The van der Waals surface area contributed by atoms with Gasteiger partial charge < -0.3 is 26.0 Å². The number of benzene rings is 1. The van der Waals surface area contributed by atoms with E-state index < -0.39 is 30.2 Å². The summed E-state index contributed by atoms with van der Waals surface area (Å²) in [6.07, 6.45) is 1.37. The van der Waals surface area contributed by atoms with E-state index in [4.69, 9.17) is 10.5 Å². The maximum atomic E-state index is 14.2. The summed E-state index contributed by atoms with van der Waals surface area (Å²) in [7, 11) is 1.44. The number of urea groups is 1. The van der Waals surface area contributed by atoms with Gasteiger partial charge in [0.1, 0.15) is 12.2 Å². The van der Waals surface area contributed by atoms with Crippen molar-refractivity contribution in [1.82, 2.24) is 14.5 Å². The standard InChI is InChI=1S/C21H21FN6O4/c1-32-18-9-13(6-7-24-18)25-19(29)17-8-12(22)10-28(17)21(31)26-15-11-27(20(23)30)16-5-3-2-4-14(15)16/h2-7,9,11-12,17H,8,10H2,1H3,(H2,23,30)(H,26,31)(H,24,25,29)/t12-,17+/m1/s1. The number of hydrogen-bond donors (Lipinski definition) is 3. The fourth-order valence-corrected chi connectivity index (χ4v) is 3.73. The van der Waals surface area contributed by atoms with E-state index >= 15 is 0 Å². The number of likely N-dealkylation sites (tertiary alicyclic amines) is 1. The molecule has 3 aromatic rings. The van der Waals surface area contributed by atoms with E-state index in [2.05, 4.69) is 15.6 Å². The molecule has 32 heavy (non-hydrogen) atoms. The summed E-state index contributed by atoms with van der Waals surface area (Å²) < 4.78 is 20.4. The summed E-state index contributed by atoms with van der Waals surface area (Å²) in [6, 6.07) is 7.56. The highest BCUT2D eigenvalue weighted by Gasteiger charge is 2.40. The molecule has 0 unspecified atom stereocenters. The van der Waals surface area contributed by atoms with Crippen LogP contribution in [0.5, 0.6) is 5.88 Å². The SMILES string of the molecule is COc1cc(NC(=O)[C@@H]2C[C@@H](F)CN2C(=O)Nc2cn(C(N)=O)c3ccccc23)ccn1. The van der Waals surface area contributed by atoms with E-state index in [1.165, 1.54) is 30.1 Å². The molecule has 0 aliphatic carbocycles. The van der Waals surface area contributed by atoms with E-state index in [0.717, 1.165) is 4.90 Å². The fourth-order valence-electron chi connectivity index (χ4n) is 3.73. The highest BCUT2D eigenvalue weighted by Crippen LogP contribution is 2.28. The van der Waals surface area contributed by atoms with Crippen molar-refractivity contribution in [2.75, 3.05) is 24.3 Å². The van der Waals surface area contributed by atoms with Gasteiger partial charge in [0.15, 0.2) is 0 Å². The highest BCUT2D eigenvalue weighted by atomic mass is 19.1. The fraction of sp³-hybridized carbons (Fsp3) is 0.238. The Kier molecular flexibility index (Phi) is 5.63. The molecule has 0 spiro atoms. The minimum atomic E-state index is -1.35. The first-order valence-electron chi connectivity index (χ1n) is 9.80. The number of alkyl halides is 1. The van der Waals surface area contributed by atoms with E-state index in [-0.39, 0.29) is 13.0 Å². The van der Waals surface area contributed by atoms with Gasteiger partial charge in [-0.15, -0.1) is 0 Å². The van der Waals surface area contributed by atoms with Crippen LogP contribution in [-0.2, 0) is 4.79 Å². The van der Waals surface area contributed by atoms with Gasteiger partial charge in [0.05, 0.1) is 24.9 Å². The Morgan fingerprint density at radius 1 is 1.22 bits per heavy atom. The Morgan fingerprint density at radius 2 is 2.00 bits per heavy atom. The third-order valence-electron chi connectivity index (χ3n) is 5.22. The van der Waals surface area contributed by atoms with E-state index in [9.17, 15) is 18.8 Å². The third-order valence-corrected chi connectivity index (χ3v) is 5.22. The molecule has 1 aliphatic heterocycles. The first kappa shape index (κ1) is 21.1. The lowest BCUT2D eigenvalue weighted by Gasteiger charge is -2.23. The van der Waals surface area contributed by atoms with Crippen LogP contribution < -0.4 is 21.1 Å². The van der Waals surface area contributed by atoms with Crippen LogP contribution in [0.3, 0.4) is 0 Å². The minimum Gasteiger partial charge on any atom is -0.481 e. The van der Waals surface area contributed by atoms with Crippen LogP contribution in [0.4, 0.5) is 25.4 Å². The number of pyridine rings is 1. The molecule has 0 saturated carbocycles. The molecule has 3 heterocycles. The number of fused-ring (bicyclic) bond motifs is 1. The number of methoxy groups -OCH3 is 1. The summed E-state index contributed by atoms with van der Waals surface area (Å²) in [6.45, 7) is -0.238. The van der Waals surface area contributed by atoms with E-state index in [1.807, 2.05) is 0 Å². The van der Waals surface area contributed by atoms with Gasteiger partial charge in [0.2, 0.25) is 11.8 Å². The quantitative estimate of drug-likeness (QED) is 0.574. The van der Waals surface area contributed by atoms with E-state index in [0.29, 0.717) is 28.2 Å². The van der Waals surface area contributed by atoms with Crippen molar-refractivity contribution >= 4 is 40.2 Å². The number of halogens is 1. The highest BCUT2D eigenvalue weighted by molar-refractivity contribution is 6.06. The number of amides is 4. The summed E-state index contributed by atoms with van der Waals surface area (Å²) >= 11 is 0. The number of nitrogens with zero attached hydrogens (tertiary/aromatic N) is 3. The van der Waals surface area contributed by atoms with Gasteiger partial charge in [-0.2, -0.15) is 0 Å². The first-order valence-corrected chi connectivity index (χ1v) is 9.80. The van der Waals surface area contributed by atoms with Gasteiger partial charge in [0.25, 0.3) is 0 Å². The molecule has 1 saturated heterocycles. The number of anilines is 2. The van der Waals surface area contributed by atoms with Crippen molar-refractivity contribution < 1.29 is 23.5 Å². The monoisotopic (exact) mass is 440 g/mol. The summed E-state index contributed by atoms with van der Waals surface area (Å²) in [5.41, 5.74) is 6.65. The molecule has 4 amide bonds. The number of primary amides is 1. The normalized spacial score (nSPS) is 17.9. The Morgan fingerprint density at radius 3 is 2.75 bits per heavy atom. The number of aromatic nitrogens is 2. The lowest BCUT2D eigenvalue weighted by Crippen LogP contribution is -2.45. The van der Waals surface area contributed by atoms with Gasteiger partial charge in [-0.3, -0.25) is 9.36 Å². The van der Waals surface area contributed by atoms with Crippen molar-refractivity contribution in [3.05, 3.63) is 48.8 Å². The second kappa shape index (κ2) is 8.53. The van der Waals surface area contributed by atoms with Crippen LogP contribution in [0.2, 0.25) is 0 Å². The lowest BCUT2D eigenvalue weighted by molar-refractivity contribution is -0.119. The molecular weight excluding hydrogens is 419 g/mol. The Labute approximate surface area is 182 Å². The van der Waals surface area contributed by atoms with Crippen LogP contribution in [0.25, 0.3) is 10.9 Å². The number of rotatable bonds is 4. The van der Waals surface area contributed by atoms with Crippen LogP contribution in [0, 0.1) is 0 Å². The van der Waals surface area contributed by atoms with Gasteiger partial charge in [0, 0.05) is 36.0 Å². The molecule has 0 radical (unpaired) electrons. The maximum absolute atomic E-state index is 14.2. The number of ether oxygens (including phenoxy) is 1. The molecule has 0 bridgehead atoms. The van der Waals surface area contributed by atoms with Crippen LogP contribution in [-0.4, -0.2) is 58.3 Å². The second-order valence-electron chi connectivity index (χ2n) is 7.28. The van der Waals surface area contributed by atoms with Crippen molar-refractivity contribution in [1.29, 1.82) is 0 Å². The minimum absolute atomic E-state index is 0.134. The average molecular weight is 440 g/mol. The van der Waals surface area contributed by atoms with Gasteiger partial charge in [-0.25, -0.2) is 19.0 Å². The molecule has 11 heteroatoms. The van der Waals surface area contributed by atoms with Crippen LogP contribution in [0.1, 0.15) is 6.42 Å². The average Bonchev–Trinajstić information content (AvgIpc) is 3.35. The Balaban J connectivity index is 1.54. The molecule has 1 aliphatic rings. The third kappa shape index (κ3) is 4.04. The predicted molar refractivity (Wildman–Crippen MR) is 115 cm³/mol. The largest absolute Gasteiger partial charge is 0.481 e. The van der Waals surface area contributed by atoms with Gasteiger partial charge in [-0.1, -0.05) is 18.2 Å². The van der Waals surface area contributed by atoms with Crippen LogP contribution in [0.15, 0.2) is 48.8 Å². The smallest absolute Gasteiger partial charge is 0.323 e. The number of carbonyl (C=O) groups is 3. The molecule has 1 fully saturated rings. The molecule has 166 valence electrons.